The van der Waals surface area contributed by atoms with Gasteiger partial charge in [0.1, 0.15) is 12.4 Å². The van der Waals surface area contributed by atoms with Gasteiger partial charge in [-0.2, -0.15) is 0 Å². The number of rotatable bonds is 6. The average Bonchev–Trinajstić information content (AvgIpc) is 3.28. The molecule has 0 aliphatic heterocycles. The average molecular weight is 255 g/mol. The molecule has 1 saturated carbocycles. The van der Waals surface area contributed by atoms with Crippen LogP contribution in [0.1, 0.15) is 19.8 Å². The molecule has 3 rings (SSSR count). The molecule has 2 aromatic rings. The van der Waals surface area contributed by atoms with Crippen molar-refractivity contribution in [2.75, 3.05) is 13.2 Å². The molecular formula is C17H21NO. The van der Waals surface area contributed by atoms with Crippen LogP contribution in [0.25, 0.3) is 10.8 Å². The van der Waals surface area contributed by atoms with E-state index in [0.29, 0.717) is 6.04 Å². The van der Waals surface area contributed by atoms with E-state index in [2.05, 4.69) is 48.6 Å². The zero-order valence-electron chi connectivity index (χ0n) is 11.4. The summed E-state index contributed by atoms with van der Waals surface area (Å²) in [5.74, 6) is 1.89. The Morgan fingerprint density at radius 3 is 2.79 bits per heavy atom. The minimum atomic E-state index is 0.635. The van der Waals surface area contributed by atoms with Crippen molar-refractivity contribution in [1.82, 2.24) is 5.32 Å². The van der Waals surface area contributed by atoms with Gasteiger partial charge in [-0.15, -0.1) is 0 Å². The Bertz CT molecular complexity index is 542. The zero-order valence-corrected chi connectivity index (χ0v) is 11.4. The predicted molar refractivity (Wildman–Crippen MR) is 79.6 cm³/mol. The Morgan fingerprint density at radius 1 is 1.16 bits per heavy atom. The first kappa shape index (κ1) is 12.5. The second-order valence-corrected chi connectivity index (χ2v) is 5.41. The molecule has 0 amide bonds. The molecule has 0 radical (unpaired) electrons. The Kier molecular flexibility index (Phi) is 3.69. The fourth-order valence-corrected chi connectivity index (χ4v) is 2.53. The maximum absolute atomic E-state index is 5.91. The molecule has 2 nitrogen and oxygen atoms in total. The predicted octanol–water partition coefficient (Wildman–Crippen LogP) is 3.61. The molecule has 1 aliphatic rings. The molecule has 1 fully saturated rings. The zero-order chi connectivity index (χ0) is 13.1. The second-order valence-electron chi connectivity index (χ2n) is 5.41. The maximum Gasteiger partial charge on any atom is 0.127 e. The van der Waals surface area contributed by atoms with E-state index in [-0.39, 0.29) is 0 Å². The molecule has 2 heteroatoms. The van der Waals surface area contributed by atoms with Crippen LogP contribution < -0.4 is 10.1 Å². The van der Waals surface area contributed by atoms with Gasteiger partial charge in [0.05, 0.1) is 0 Å². The maximum atomic E-state index is 5.91. The normalized spacial score (nSPS) is 16.5. The molecule has 0 heterocycles. The van der Waals surface area contributed by atoms with Crippen LogP contribution in [-0.2, 0) is 0 Å². The lowest BCUT2D eigenvalue weighted by Gasteiger charge is -2.14. The third kappa shape index (κ3) is 3.07. The molecule has 2 aromatic carbocycles. The molecule has 1 atom stereocenters. The molecule has 0 spiro atoms. The van der Waals surface area contributed by atoms with Crippen molar-refractivity contribution >= 4 is 10.8 Å². The molecule has 100 valence electrons. The molecule has 1 N–H and O–H groups in total. The highest BCUT2D eigenvalue weighted by molar-refractivity contribution is 5.88. The van der Waals surface area contributed by atoms with Crippen LogP contribution in [0.2, 0.25) is 0 Å². The van der Waals surface area contributed by atoms with E-state index in [1.54, 1.807) is 0 Å². The Hall–Kier alpha value is -1.54. The summed E-state index contributed by atoms with van der Waals surface area (Å²) in [5, 5.41) is 5.97. The van der Waals surface area contributed by atoms with Crippen molar-refractivity contribution in [3.05, 3.63) is 42.5 Å². The van der Waals surface area contributed by atoms with Gasteiger partial charge in [0.15, 0.2) is 0 Å². The van der Waals surface area contributed by atoms with Crippen molar-refractivity contribution in [3.63, 3.8) is 0 Å². The fourth-order valence-electron chi connectivity index (χ4n) is 2.53. The quantitative estimate of drug-likeness (QED) is 0.796. The van der Waals surface area contributed by atoms with Crippen LogP contribution in [0.3, 0.4) is 0 Å². The smallest absolute Gasteiger partial charge is 0.127 e. The van der Waals surface area contributed by atoms with Crippen LogP contribution in [0.5, 0.6) is 5.75 Å². The summed E-state index contributed by atoms with van der Waals surface area (Å²) >= 11 is 0. The summed E-state index contributed by atoms with van der Waals surface area (Å²) < 4.78 is 5.91. The highest BCUT2D eigenvalue weighted by Gasteiger charge is 2.27. The van der Waals surface area contributed by atoms with Crippen LogP contribution in [0.4, 0.5) is 0 Å². The summed E-state index contributed by atoms with van der Waals surface area (Å²) in [6.07, 6.45) is 2.77. The van der Waals surface area contributed by atoms with Gasteiger partial charge >= 0.3 is 0 Å². The first-order chi connectivity index (χ1) is 9.34. The first-order valence-electron chi connectivity index (χ1n) is 7.18. The molecule has 1 unspecified atom stereocenters. The third-order valence-corrected chi connectivity index (χ3v) is 3.90. The monoisotopic (exact) mass is 255 g/mol. The van der Waals surface area contributed by atoms with E-state index in [0.717, 1.165) is 24.8 Å². The Balaban J connectivity index is 1.56. The second kappa shape index (κ2) is 5.62. The molecule has 19 heavy (non-hydrogen) atoms. The largest absolute Gasteiger partial charge is 0.492 e. The summed E-state index contributed by atoms with van der Waals surface area (Å²) in [6.45, 7) is 3.92. The summed E-state index contributed by atoms with van der Waals surface area (Å²) in [5.41, 5.74) is 0. The van der Waals surface area contributed by atoms with Crippen LogP contribution in [-0.4, -0.2) is 19.2 Å². The number of hydrogen-bond donors (Lipinski definition) is 1. The third-order valence-electron chi connectivity index (χ3n) is 3.90. The number of nitrogens with one attached hydrogen (secondary N) is 1. The van der Waals surface area contributed by atoms with E-state index in [4.69, 9.17) is 4.74 Å². The highest BCUT2D eigenvalue weighted by atomic mass is 16.5. The van der Waals surface area contributed by atoms with E-state index >= 15 is 0 Å². The van der Waals surface area contributed by atoms with Gasteiger partial charge in [0, 0.05) is 18.0 Å². The van der Waals surface area contributed by atoms with Gasteiger partial charge in [0.2, 0.25) is 0 Å². The Morgan fingerprint density at radius 2 is 1.95 bits per heavy atom. The lowest BCUT2D eigenvalue weighted by atomic mass is 10.1. The van der Waals surface area contributed by atoms with Gasteiger partial charge in [0.25, 0.3) is 0 Å². The number of hydrogen-bond acceptors (Lipinski definition) is 2. The minimum absolute atomic E-state index is 0.635. The van der Waals surface area contributed by atoms with E-state index in [1.165, 1.54) is 23.6 Å². The molecule has 1 aliphatic carbocycles. The minimum Gasteiger partial charge on any atom is -0.492 e. The van der Waals surface area contributed by atoms with Crippen LogP contribution >= 0.6 is 0 Å². The lowest BCUT2D eigenvalue weighted by molar-refractivity contribution is 0.306. The molecule has 0 bridgehead atoms. The highest BCUT2D eigenvalue weighted by Crippen LogP contribution is 2.32. The number of ether oxygens (including phenoxy) is 1. The van der Waals surface area contributed by atoms with Gasteiger partial charge in [-0.1, -0.05) is 36.4 Å². The van der Waals surface area contributed by atoms with Crippen molar-refractivity contribution in [2.24, 2.45) is 5.92 Å². The molecular weight excluding hydrogens is 234 g/mol. The summed E-state index contributed by atoms with van der Waals surface area (Å²) in [6, 6.07) is 15.2. The van der Waals surface area contributed by atoms with Gasteiger partial charge in [-0.05, 0) is 37.1 Å². The van der Waals surface area contributed by atoms with Crippen LogP contribution in [0.15, 0.2) is 42.5 Å². The van der Waals surface area contributed by atoms with Crippen molar-refractivity contribution in [2.45, 2.75) is 25.8 Å². The fraction of sp³-hybridized carbons (Fsp3) is 0.412. The van der Waals surface area contributed by atoms with Crippen LogP contribution in [0, 0.1) is 5.92 Å². The van der Waals surface area contributed by atoms with E-state index < -0.39 is 0 Å². The lowest BCUT2D eigenvalue weighted by Crippen LogP contribution is -2.31. The summed E-state index contributed by atoms with van der Waals surface area (Å²) in [7, 11) is 0. The topological polar surface area (TPSA) is 21.3 Å². The van der Waals surface area contributed by atoms with Crippen molar-refractivity contribution < 1.29 is 4.74 Å². The van der Waals surface area contributed by atoms with Gasteiger partial charge in [-0.25, -0.2) is 0 Å². The number of fused-ring (bicyclic) bond motifs is 1. The standard InChI is InChI=1S/C17H21NO/c1-13(14-9-10-14)18-11-12-19-17-8-4-6-15-5-2-3-7-16(15)17/h2-8,13-14,18H,9-12H2,1H3. The molecule has 0 saturated heterocycles. The van der Waals surface area contributed by atoms with Crippen molar-refractivity contribution in [1.29, 1.82) is 0 Å². The van der Waals surface area contributed by atoms with E-state index in [9.17, 15) is 0 Å². The Labute approximate surface area is 114 Å². The van der Waals surface area contributed by atoms with Gasteiger partial charge in [-0.3, -0.25) is 0 Å². The van der Waals surface area contributed by atoms with Gasteiger partial charge < -0.3 is 10.1 Å². The van der Waals surface area contributed by atoms with Crippen molar-refractivity contribution in [3.8, 4) is 5.75 Å². The first-order valence-corrected chi connectivity index (χ1v) is 7.18. The molecule has 0 aromatic heterocycles. The van der Waals surface area contributed by atoms with E-state index in [1.807, 2.05) is 6.07 Å². The number of benzene rings is 2. The summed E-state index contributed by atoms with van der Waals surface area (Å²) in [4.78, 5) is 0. The SMILES string of the molecule is CC(NCCOc1cccc2ccccc12)C1CC1.